The summed E-state index contributed by atoms with van der Waals surface area (Å²) in [4.78, 5) is 12.0. The van der Waals surface area contributed by atoms with Crippen LogP contribution in [0.5, 0.6) is 0 Å². The summed E-state index contributed by atoms with van der Waals surface area (Å²) in [5, 5.41) is 14.0. The zero-order valence-electron chi connectivity index (χ0n) is 12.6. The van der Waals surface area contributed by atoms with E-state index in [0.29, 0.717) is 18.0 Å². The van der Waals surface area contributed by atoms with E-state index in [0.717, 1.165) is 11.1 Å². The average Bonchev–Trinajstić information content (AvgIpc) is 2.48. The minimum Gasteiger partial charge on any atom is -0.385 e. The fourth-order valence-electron chi connectivity index (χ4n) is 2.31. The van der Waals surface area contributed by atoms with Gasteiger partial charge in [0, 0.05) is 11.6 Å². The maximum absolute atomic E-state index is 12.0. The molecule has 0 saturated heterocycles. The van der Waals surface area contributed by atoms with E-state index in [-0.39, 0.29) is 12.3 Å². The van der Waals surface area contributed by atoms with Gasteiger partial charge in [-0.05, 0) is 36.6 Å². The molecule has 0 bridgehead atoms. The molecule has 22 heavy (non-hydrogen) atoms. The molecular formula is C18H20ClNO2. The minimum atomic E-state index is -1.17. The third-order valence-corrected chi connectivity index (χ3v) is 3.76. The first-order chi connectivity index (χ1) is 10.5. The first-order valence-corrected chi connectivity index (χ1v) is 7.64. The van der Waals surface area contributed by atoms with Gasteiger partial charge < -0.3 is 10.4 Å². The molecule has 0 aliphatic heterocycles. The van der Waals surface area contributed by atoms with Crippen LogP contribution in [0.1, 0.15) is 24.5 Å². The topological polar surface area (TPSA) is 49.3 Å². The van der Waals surface area contributed by atoms with Crippen LogP contribution in [0.4, 0.5) is 0 Å². The number of hydrogen-bond donors (Lipinski definition) is 2. The lowest BCUT2D eigenvalue weighted by Gasteiger charge is -2.23. The summed E-state index contributed by atoms with van der Waals surface area (Å²) in [6.07, 6.45) is 0.742. The third kappa shape index (κ3) is 4.86. The van der Waals surface area contributed by atoms with E-state index >= 15 is 0 Å². The number of halogens is 1. The van der Waals surface area contributed by atoms with Crippen molar-refractivity contribution in [3.63, 3.8) is 0 Å². The number of hydrogen-bond acceptors (Lipinski definition) is 2. The van der Waals surface area contributed by atoms with Crippen molar-refractivity contribution < 1.29 is 9.90 Å². The fourth-order valence-corrected chi connectivity index (χ4v) is 2.53. The van der Waals surface area contributed by atoms with Gasteiger partial charge in [-0.1, -0.05) is 54.1 Å². The zero-order chi connectivity index (χ0) is 16.0. The van der Waals surface area contributed by atoms with Gasteiger partial charge in [-0.3, -0.25) is 4.79 Å². The summed E-state index contributed by atoms with van der Waals surface area (Å²) in [6, 6.07) is 16.8. The quantitative estimate of drug-likeness (QED) is 0.859. The van der Waals surface area contributed by atoms with Crippen LogP contribution in [-0.2, 0) is 16.8 Å². The molecular weight excluding hydrogens is 298 g/mol. The monoisotopic (exact) mass is 317 g/mol. The Morgan fingerprint density at radius 2 is 1.91 bits per heavy atom. The average molecular weight is 318 g/mol. The Balaban J connectivity index is 1.83. The molecule has 0 spiro atoms. The second-order valence-electron chi connectivity index (χ2n) is 5.55. The molecule has 0 fully saturated rings. The van der Waals surface area contributed by atoms with Gasteiger partial charge in [-0.2, -0.15) is 0 Å². The van der Waals surface area contributed by atoms with Gasteiger partial charge in [0.15, 0.2) is 0 Å². The summed E-state index contributed by atoms with van der Waals surface area (Å²) in [7, 11) is 0. The Morgan fingerprint density at radius 3 is 2.59 bits per heavy atom. The second-order valence-corrected chi connectivity index (χ2v) is 5.98. The first-order valence-electron chi connectivity index (χ1n) is 7.26. The maximum atomic E-state index is 12.0. The lowest BCUT2D eigenvalue weighted by Crippen LogP contribution is -2.33. The van der Waals surface area contributed by atoms with Gasteiger partial charge in [0.25, 0.3) is 0 Å². The van der Waals surface area contributed by atoms with Gasteiger partial charge in [-0.15, -0.1) is 0 Å². The summed E-state index contributed by atoms with van der Waals surface area (Å²) in [5.41, 5.74) is 0.643. The van der Waals surface area contributed by atoms with E-state index in [1.165, 1.54) is 0 Å². The molecule has 2 rings (SSSR count). The van der Waals surface area contributed by atoms with Crippen molar-refractivity contribution >= 4 is 17.5 Å². The summed E-state index contributed by atoms with van der Waals surface area (Å²) in [5.74, 6) is -0.170. The van der Waals surface area contributed by atoms with Crippen molar-refractivity contribution in [3.05, 3.63) is 70.7 Å². The number of rotatable bonds is 6. The van der Waals surface area contributed by atoms with E-state index in [1.807, 2.05) is 54.6 Å². The Labute approximate surface area is 135 Å². The Hall–Kier alpha value is -1.84. The van der Waals surface area contributed by atoms with Crippen molar-refractivity contribution in [2.24, 2.45) is 0 Å². The van der Waals surface area contributed by atoms with Crippen molar-refractivity contribution in [2.45, 2.75) is 25.4 Å². The molecule has 0 aromatic heterocycles. The van der Waals surface area contributed by atoms with E-state index in [4.69, 9.17) is 11.6 Å². The molecule has 1 amide bonds. The van der Waals surface area contributed by atoms with E-state index in [1.54, 1.807) is 6.92 Å². The molecule has 1 unspecified atom stereocenters. The van der Waals surface area contributed by atoms with Gasteiger partial charge >= 0.3 is 0 Å². The highest BCUT2D eigenvalue weighted by molar-refractivity contribution is 6.30. The normalized spacial score (nSPS) is 13.4. The largest absolute Gasteiger partial charge is 0.385 e. The van der Waals surface area contributed by atoms with Crippen molar-refractivity contribution in [2.75, 3.05) is 6.54 Å². The number of nitrogens with one attached hydrogen (secondary N) is 1. The summed E-state index contributed by atoms with van der Waals surface area (Å²) < 4.78 is 0. The standard InChI is InChI=1S/C18H20ClNO2/c1-18(22,15-7-3-2-4-8-15)13-17(21)20-11-10-14-6-5-9-16(19)12-14/h2-9,12,22H,10-11,13H2,1H3,(H,20,21). The second kappa shape index (κ2) is 7.43. The Bertz CT molecular complexity index is 626. The summed E-state index contributed by atoms with van der Waals surface area (Å²) >= 11 is 5.92. The molecule has 0 heterocycles. The lowest BCUT2D eigenvalue weighted by atomic mass is 9.92. The van der Waals surface area contributed by atoms with E-state index in [9.17, 15) is 9.90 Å². The van der Waals surface area contributed by atoms with Crippen molar-refractivity contribution in [1.82, 2.24) is 5.32 Å². The molecule has 0 aliphatic rings. The predicted octanol–water partition coefficient (Wildman–Crippen LogP) is 3.30. The molecule has 0 aliphatic carbocycles. The fraction of sp³-hybridized carbons (Fsp3) is 0.278. The molecule has 2 aromatic rings. The first kappa shape index (κ1) is 16.5. The predicted molar refractivity (Wildman–Crippen MR) is 88.8 cm³/mol. The van der Waals surface area contributed by atoms with Gasteiger partial charge in [0.1, 0.15) is 0 Å². The molecule has 0 saturated carbocycles. The van der Waals surface area contributed by atoms with Crippen molar-refractivity contribution in [3.8, 4) is 0 Å². The van der Waals surface area contributed by atoms with Gasteiger partial charge in [-0.25, -0.2) is 0 Å². The highest BCUT2D eigenvalue weighted by Crippen LogP contribution is 2.23. The van der Waals surface area contributed by atoms with Crippen LogP contribution >= 0.6 is 11.6 Å². The molecule has 1 atom stereocenters. The Kier molecular flexibility index (Phi) is 5.58. The zero-order valence-corrected chi connectivity index (χ0v) is 13.3. The minimum absolute atomic E-state index is 0.0343. The number of amides is 1. The SMILES string of the molecule is CC(O)(CC(=O)NCCc1cccc(Cl)c1)c1ccccc1. The van der Waals surface area contributed by atoms with E-state index in [2.05, 4.69) is 5.32 Å². The van der Waals surface area contributed by atoms with E-state index < -0.39 is 5.60 Å². The molecule has 3 nitrogen and oxygen atoms in total. The smallest absolute Gasteiger partial charge is 0.223 e. The number of carbonyl (C=O) groups is 1. The molecule has 116 valence electrons. The molecule has 2 N–H and O–H groups in total. The number of benzene rings is 2. The van der Waals surface area contributed by atoms with Crippen LogP contribution < -0.4 is 5.32 Å². The van der Waals surface area contributed by atoms with Crippen LogP contribution in [-0.4, -0.2) is 17.6 Å². The highest BCUT2D eigenvalue weighted by atomic mass is 35.5. The third-order valence-electron chi connectivity index (χ3n) is 3.53. The van der Waals surface area contributed by atoms with Crippen LogP contribution in [0, 0.1) is 0 Å². The van der Waals surface area contributed by atoms with Crippen LogP contribution in [0.15, 0.2) is 54.6 Å². The lowest BCUT2D eigenvalue weighted by molar-refractivity contribution is -0.125. The van der Waals surface area contributed by atoms with Gasteiger partial charge in [0.05, 0.1) is 12.0 Å². The summed E-state index contributed by atoms with van der Waals surface area (Å²) in [6.45, 7) is 2.17. The number of aliphatic hydroxyl groups is 1. The highest BCUT2D eigenvalue weighted by Gasteiger charge is 2.26. The molecule has 2 aromatic carbocycles. The van der Waals surface area contributed by atoms with Crippen LogP contribution in [0.3, 0.4) is 0 Å². The van der Waals surface area contributed by atoms with Crippen LogP contribution in [0.25, 0.3) is 0 Å². The van der Waals surface area contributed by atoms with Crippen LogP contribution in [0.2, 0.25) is 5.02 Å². The van der Waals surface area contributed by atoms with Crippen molar-refractivity contribution in [1.29, 1.82) is 0 Å². The maximum Gasteiger partial charge on any atom is 0.223 e. The number of carbonyl (C=O) groups excluding carboxylic acids is 1. The Morgan fingerprint density at radius 1 is 1.18 bits per heavy atom. The van der Waals surface area contributed by atoms with Gasteiger partial charge in [0.2, 0.25) is 5.91 Å². The molecule has 4 heteroatoms. The molecule has 0 radical (unpaired) electrons.